The van der Waals surface area contributed by atoms with E-state index in [1.807, 2.05) is 48.1 Å². The first-order valence-corrected chi connectivity index (χ1v) is 7.97. The minimum absolute atomic E-state index is 0.590. The SMILES string of the molecule is CCNC(=NCCn1cccn1)NCCOc1ccc(C)cc1. The van der Waals surface area contributed by atoms with Gasteiger partial charge >= 0.3 is 0 Å². The highest BCUT2D eigenvalue weighted by Crippen LogP contribution is 2.10. The Morgan fingerprint density at radius 3 is 2.78 bits per heavy atom. The lowest BCUT2D eigenvalue weighted by Gasteiger charge is -2.12. The van der Waals surface area contributed by atoms with Crippen molar-refractivity contribution in [2.24, 2.45) is 4.99 Å². The van der Waals surface area contributed by atoms with Gasteiger partial charge in [0, 0.05) is 18.9 Å². The molecule has 1 aromatic carbocycles. The maximum absolute atomic E-state index is 5.69. The van der Waals surface area contributed by atoms with E-state index in [0.29, 0.717) is 19.7 Å². The third kappa shape index (κ3) is 6.42. The molecule has 0 fully saturated rings. The topological polar surface area (TPSA) is 63.5 Å². The minimum atomic E-state index is 0.590. The van der Waals surface area contributed by atoms with Gasteiger partial charge in [-0.1, -0.05) is 17.7 Å². The maximum atomic E-state index is 5.69. The summed E-state index contributed by atoms with van der Waals surface area (Å²) < 4.78 is 7.56. The molecule has 0 atom stereocenters. The summed E-state index contributed by atoms with van der Waals surface area (Å²) >= 11 is 0. The van der Waals surface area contributed by atoms with E-state index in [0.717, 1.165) is 24.8 Å². The molecule has 0 aliphatic heterocycles. The van der Waals surface area contributed by atoms with E-state index in [1.165, 1.54) is 5.56 Å². The third-order valence-corrected chi connectivity index (χ3v) is 3.19. The van der Waals surface area contributed by atoms with Crippen LogP contribution in [0.3, 0.4) is 0 Å². The molecule has 6 nitrogen and oxygen atoms in total. The van der Waals surface area contributed by atoms with Gasteiger partial charge in [0.25, 0.3) is 0 Å². The van der Waals surface area contributed by atoms with Crippen LogP contribution in [-0.4, -0.2) is 42.0 Å². The lowest BCUT2D eigenvalue weighted by Crippen LogP contribution is -2.39. The number of hydrogen-bond acceptors (Lipinski definition) is 3. The molecule has 0 bridgehead atoms. The van der Waals surface area contributed by atoms with Crippen molar-refractivity contribution < 1.29 is 4.74 Å². The summed E-state index contributed by atoms with van der Waals surface area (Å²) in [6.07, 6.45) is 3.71. The summed E-state index contributed by atoms with van der Waals surface area (Å²) in [5, 5.41) is 10.6. The second-order valence-electron chi connectivity index (χ2n) is 5.12. The van der Waals surface area contributed by atoms with Crippen LogP contribution in [0, 0.1) is 6.92 Å². The average Bonchev–Trinajstić information content (AvgIpc) is 3.06. The van der Waals surface area contributed by atoms with E-state index >= 15 is 0 Å². The van der Waals surface area contributed by atoms with Crippen LogP contribution in [0.4, 0.5) is 0 Å². The highest BCUT2D eigenvalue weighted by Gasteiger charge is 1.98. The van der Waals surface area contributed by atoms with E-state index in [4.69, 9.17) is 4.74 Å². The highest BCUT2D eigenvalue weighted by molar-refractivity contribution is 5.79. The Kier molecular flexibility index (Phi) is 6.97. The number of hydrogen-bond donors (Lipinski definition) is 2. The number of nitrogens with one attached hydrogen (secondary N) is 2. The quantitative estimate of drug-likeness (QED) is 0.443. The summed E-state index contributed by atoms with van der Waals surface area (Å²) in [6, 6.07) is 9.97. The molecule has 1 aromatic heterocycles. The number of ether oxygens (including phenoxy) is 1. The van der Waals surface area contributed by atoms with E-state index < -0.39 is 0 Å². The predicted octanol–water partition coefficient (Wildman–Crippen LogP) is 1.83. The first-order chi connectivity index (χ1) is 11.3. The number of rotatable bonds is 8. The molecule has 0 saturated carbocycles. The summed E-state index contributed by atoms with van der Waals surface area (Å²) in [6.45, 7) is 7.67. The predicted molar refractivity (Wildman–Crippen MR) is 92.9 cm³/mol. The number of guanidine groups is 1. The largest absolute Gasteiger partial charge is 0.492 e. The fraction of sp³-hybridized carbons (Fsp3) is 0.412. The molecule has 23 heavy (non-hydrogen) atoms. The fourth-order valence-electron chi connectivity index (χ4n) is 2.01. The number of nitrogens with zero attached hydrogens (tertiary/aromatic N) is 3. The molecule has 2 N–H and O–H groups in total. The Labute approximate surface area is 137 Å². The van der Waals surface area contributed by atoms with Crippen LogP contribution in [0.1, 0.15) is 12.5 Å². The molecule has 0 aliphatic carbocycles. The lowest BCUT2D eigenvalue weighted by atomic mass is 10.2. The third-order valence-electron chi connectivity index (χ3n) is 3.19. The molecule has 2 aromatic rings. The molecule has 6 heteroatoms. The Balaban J connectivity index is 1.69. The first kappa shape index (κ1) is 16.9. The number of aromatic nitrogens is 2. The molecular formula is C17H25N5O. The molecule has 1 heterocycles. The van der Waals surface area contributed by atoms with Gasteiger partial charge in [-0.25, -0.2) is 0 Å². The van der Waals surface area contributed by atoms with Crippen LogP contribution >= 0.6 is 0 Å². The van der Waals surface area contributed by atoms with Crippen LogP contribution in [0.25, 0.3) is 0 Å². The molecule has 0 aliphatic rings. The standard InChI is InChI=1S/C17H25N5O/c1-3-18-17(19-10-13-22-12-4-9-21-22)20-11-14-23-16-7-5-15(2)6-8-16/h4-9,12H,3,10-11,13-14H2,1-2H3,(H2,18,19,20). The van der Waals surface area contributed by atoms with Crippen LogP contribution in [0.5, 0.6) is 5.75 Å². The molecular weight excluding hydrogens is 290 g/mol. The van der Waals surface area contributed by atoms with Crippen molar-refractivity contribution >= 4 is 5.96 Å². The van der Waals surface area contributed by atoms with Gasteiger partial charge in [-0.2, -0.15) is 5.10 Å². The summed E-state index contributed by atoms with van der Waals surface area (Å²) in [5.74, 6) is 1.69. The van der Waals surface area contributed by atoms with Crippen molar-refractivity contribution in [3.05, 3.63) is 48.3 Å². The Morgan fingerprint density at radius 1 is 1.26 bits per heavy atom. The Morgan fingerprint density at radius 2 is 2.09 bits per heavy atom. The van der Waals surface area contributed by atoms with Gasteiger partial charge in [-0.05, 0) is 32.0 Å². The Hall–Kier alpha value is -2.50. The summed E-state index contributed by atoms with van der Waals surface area (Å²) in [4.78, 5) is 4.52. The van der Waals surface area contributed by atoms with Crippen molar-refractivity contribution in [3.63, 3.8) is 0 Å². The highest BCUT2D eigenvalue weighted by atomic mass is 16.5. The van der Waals surface area contributed by atoms with Gasteiger partial charge in [0.15, 0.2) is 5.96 Å². The van der Waals surface area contributed by atoms with Crippen molar-refractivity contribution in [1.82, 2.24) is 20.4 Å². The average molecular weight is 315 g/mol. The van der Waals surface area contributed by atoms with Crippen LogP contribution in [0.2, 0.25) is 0 Å². The number of benzene rings is 1. The smallest absolute Gasteiger partial charge is 0.191 e. The number of aliphatic imine (C=N–C) groups is 1. The number of aryl methyl sites for hydroxylation is 1. The van der Waals surface area contributed by atoms with Crippen molar-refractivity contribution in [1.29, 1.82) is 0 Å². The van der Waals surface area contributed by atoms with Gasteiger partial charge in [-0.3, -0.25) is 9.67 Å². The van der Waals surface area contributed by atoms with E-state index in [9.17, 15) is 0 Å². The molecule has 0 saturated heterocycles. The second-order valence-corrected chi connectivity index (χ2v) is 5.12. The summed E-state index contributed by atoms with van der Waals surface area (Å²) in [7, 11) is 0. The van der Waals surface area contributed by atoms with Crippen molar-refractivity contribution in [2.45, 2.75) is 20.4 Å². The van der Waals surface area contributed by atoms with Gasteiger partial charge < -0.3 is 15.4 Å². The zero-order valence-corrected chi connectivity index (χ0v) is 13.8. The van der Waals surface area contributed by atoms with Crippen LogP contribution < -0.4 is 15.4 Å². The molecule has 0 amide bonds. The molecule has 0 radical (unpaired) electrons. The van der Waals surface area contributed by atoms with Crippen molar-refractivity contribution in [3.8, 4) is 5.75 Å². The monoisotopic (exact) mass is 315 g/mol. The second kappa shape index (κ2) is 9.50. The fourth-order valence-corrected chi connectivity index (χ4v) is 2.01. The zero-order valence-electron chi connectivity index (χ0n) is 13.8. The molecule has 0 unspecified atom stereocenters. The normalized spacial score (nSPS) is 11.3. The molecule has 2 rings (SSSR count). The Bertz CT molecular complexity index is 578. The maximum Gasteiger partial charge on any atom is 0.191 e. The molecule has 0 spiro atoms. The van der Waals surface area contributed by atoms with Crippen LogP contribution in [0.15, 0.2) is 47.7 Å². The lowest BCUT2D eigenvalue weighted by molar-refractivity contribution is 0.322. The summed E-state index contributed by atoms with van der Waals surface area (Å²) in [5.41, 5.74) is 1.23. The van der Waals surface area contributed by atoms with Gasteiger partial charge in [0.2, 0.25) is 0 Å². The van der Waals surface area contributed by atoms with Gasteiger partial charge in [0.1, 0.15) is 12.4 Å². The van der Waals surface area contributed by atoms with E-state index in [2.05, 4.69) is 27.6 Å². The van der Waals surface area contributed by atoms with Crippen LogP contribution in [-0.2, 0) is 6.54 Å². The van der Waals surface area contributed by atoms with E-state index in [1.54, 1.807) is 6.20 Å². The zero-order chi connectivity index (χ0) is 16.3. The molecule has 124 valence electrons. The van der Waals surface area contributed by atoms with E-state index in [-0.39, 0.29) is 0 Å². The van der Waals surface area contributed by atoms with Gasteiger partial charge in [-0.15, -0.1) is 0 Å². The van der Waals surface area contributed by atoms with Crippen molar-refractivity contribution in [2.75, 3.05) is 26.2 Å². The first-order valence-electron chi connectivity index (χ1n) is 7.97. The van der Waals surface area contributed by atoms with Gasteiger partial charge in [0.05, 0.1) is 19.6 Å². The minimum Gasteiger partial charge on any atom is -0.492 e.